The van der Waals surface area contributed by atoms with Crippen LogP contribution in [0.1, 0.15) is 15.9 Å². The molecular weight excluding hydrogens is 322 g/mol. The Morgan fingerprint density at radius 1 is 1.08 bits per heavy atom. The number of fused-ring (bicyclic) bond motifs is 2. The van der Waals surface area contributed by atoms with Crippen molar-refractivity contribution in [3.8, 4) is 5.75 Å². The zero-order valence-corrected chi connectivity index (χ0v) is 12.8. The number of nitrogens with one attached hydrogen (secondary N) is 1. The minimum Gasteiger partial charge on any atom is -0.508 e. The number of hydrogen-bond donors (Lipinski definition) is 2. The topological polar surface area (TPSA) is 96.6 Å². The van der Waals surface area contributed by atoms with Crippen LogP contribution >= 0.6 is 0 Å². The molecule has 2 N–H and O–H groups in total. The van der Waals surface area contributed by atoms with Crippen molar-refractivity contribution in [1.82, 2.24) is 0 Å². The Labute approximate surface area is 141 Å². The summed E-state index contributed by atoms with van der Waals surface area (Å²) in [7, 11) is 0. The third-order valence-corrected chi connectivity index (χ3v) is 3.97. The van der Waals surface area contributed by atoms with Crippen molar-refractivity contribution in [2.75, 3.05) is 5.32 Å². The Bertz CT molecular complexity index is 1140. The van der Waals surface area contributed by atoms with Crippen molar-refractivity contribution >= 4 is 33.9 Å². The van der Waals surface area contributed by atoms with E-state index in [4.69, 9.17) is 4.42 Å². The molecule has 1 aliphatic heterocycles. The zero-order valence-electron chi connectivity index (χ0n) is 12.8. The fourth-order valence-electron chi connectivity index (χ4n) is 2.76. The van der Waals surface area contributed by atoms with Gasteiger partial charge in [-0.2, -0.15) is 0 Å². The van der Waals surface area contributed by atoms with E-state index < -0.39 is 17.3 Å². The summed E-state index contributed by atoms with van der Waals surface area (Å²) in [5.41, 5.74) is 0.438. The number of phenolic OH excluding ortho intramolecular Hbond substituents is 1. The third kappa shape index (κ3) is 2.49. The number of benzene rings is 2. The van der Waals surface area contributed by atoms with Crippen molar-refractivity contribution in [1.29, 1.82) is 0 Å². The molecule has 0 unspecified atom stereocenters. The van der Waals surface area contributed by atoms with Gasteiger partial charge in [0.05, 0.1) is 5.57 Å². The number of phenols is 1. The predicted molar refractivity (Wildman–Crippen MR) is 91.5 cm³/mol. The Balaban J connectivity index is 1.82. The summed E-state index contributed by atoms with van der Waals surface area (Å²) in [6.07, 6.45) is 1.08. The van der Waals surface area contributed by atoms with Crippen molar-refractivity contribution in [3.63, 3.8) is 0 Å². The highest BCUT2D eigenvalue weighted by atomic mass is 16.4. The zero-order chi connectivity index (χ0) is 17.6. The van der Waals surface area contributed by atoms with Crippen molar-refractivity contribution in [3.05, 3.63) is 76.2 Å². The Morgan fingerprint density at radius 3 is 2.72 bits per heavy atom. The van der Waals surface area contributed by atoms with Crippen molar-refractivity contribution in [2.24, 2.45) is 0 Å². The van der Waals surface area contributed by atoms with Gasteiger partial charge in [-0.3, -0.25) is 9.59 Å². The Morgan fingerprint density at radius 2 is 1.88 bits per heavy atom. The van der Waals surface area contributed by atoms with Crippen molar-refractivity contribution < 1.29 is 19.1 Å². The first-order chi connectivity index (χ1) is 12.0. The van der Waals surface area contributed by atoms with Crippen LogP contribution in [0.5, 0.6) is 5.75 Å². The van der Waals surface area contributed by atoms with Gasteiger partial charge in [0.2, 0.25) is 0 Å². The van der Waals surface area contributed by atoms with Crippen LogP contribution in [-0.2, 0) is 4.79 Å². The molecule has 0 bridgehead atoms. The smallest absolute Gasteiger partial charge is 0.347 e. The summed E-state index contributed by atoms with van der Waals surface area (Å²) >= 11 is 0. The molecule has 2 aromatic carbocycles. The molecule has 2 heterocycles. The molecule has 25 heavy (non-hydrogen) atoms. The number of hydrogen-bond acceptors (Lipinski definition) is 5. The van der Waals surface area contributed by atoms with Crippen LogP contribution in [0.3, 0.4) is 0 Å². The normalized spacial score (nSPS) is 14.6. The largest absolute Gasteiger partial charge is 0.508 e. The van der Waals surface area contributed by atoms with E-state index in [0.717, 1.165) is 6.08 Å². The number of ketones is 1. The summed E-state index contributed by atoms with van der Waals surface area (Å²) in [5.74, 6) is -1.14. The number of amides is 1. The van der Waals surface area contributed by atoms with Crippen LogP contribution in [0.2, 0.25) is 0 Å². The molecule has 6 heteroatoms. The molecule has 0 fully saturated rings. The number of rotatable bonds is 2. The maximum Gasteiger partial charge on any atom is 0.347 e. The third-order valence-electron chi connectivity index (χ3n) is 3.97. The first kappa shape index (κ1) is 14.9. The van der Waals surface area contributed by atoms with E-state index in [1.807, 2.05) is 0 Å². The number of allylic oxidation sites excluding steroid dienone is 1. The van der Waals surface area contributed by atoms with E-state index in [1.54, 1.807) is 24.3 Å². The molecule has 3 aromatic rings. The van der Waals surface area contributed by atoms with Crippen LogP contribution in [-0.4, -0.2) is 16.8 Å². The molecular formula is C19H11NO5. The lowest BCUT2D eigenvalue weighted by atomic mass is 10.0. The lowest BCUT2D eigenvalue weighted by Gasteiger charge is -2.01. The van der Waals surface area contributed by atoms with Gasteiger partial charge in [-0.05, 0) is 36.4 Å². The van der Waals surface area contributed by atoms with E-state index in [9.17, 15) is 19.5 Å². The molecule has 4 rings (SSSR count). The minimum absolute atomic E-state index is 0.0289. The number of carbonyl (C=O) groups excluding carboxylic acids is 2. The van der Waals surface area contributed by atoms with E-state index in [1.165, 1.54) is 24.3 Å². The highest BCUT2D eigenvalue weighted by molar-refractivity contribution is 6.35. The quantitative estimate of drug-likeness (QED) is 0.325. The number of para-hydroxylation sites is 1. The highest BCUT2D eigenvalue weighted by Gasteiger charge is 2.26. The molecule has 1 aromatic heterocycles. The second-order valence-corrected chi connectivity index (χ2v) is 5.59. The van der Waals surface area contributed by atoms with Crippen LogP contribution in [0.15, 0.2) is 63.8 Å². The maximum atomic E-state index is 12.5. The fourth-order valence-corrected chi connectivity index (χ4v) is 2.76. The second kappa shape index (κ2) is 5.45. The van der Waals surface area contributed by atoms with Gasteiger partial charge in [0.1, 0.15) is 16.9 Å². The maximum absolute atomic E-state index is 12.5. The standard InChI is InChI=1S/C19H11NO5/c21-11-5-6-15-12(8-11)13(18(23)20-15)9-16(22)14-7-10-3-1-2-4-17(10)25-19(14)24/h1-9,21H,(H,20,23)/b13-9+. The first-order valence-electron chi connectivity index (χ1n) is 7.46. The van der Waals surface area contributed by atoms with Crippen LogP contribution < -0.4 is 10.9 Å². The summed E-state index contributed by atoms with van der Waals surface area (Å²) in [5, 5.41) is 12.8. The molecule has 0 atom stereocenters. The summed E-state index contributed by atoms with van der Waals surface area (Å²) in [6.45, 7) is 0. The van der Waals surface area contributed by atoms with Gasteiger partial charge >= 0.3 is 5.63 Å². The van der Waals surface area contributed by atoms with Gasteiger partial charge in [-0.25, -0.2) is 4.79 Å². The number of carbonyl (C=O) groups is 2. The van der Waals surface area contributed by atoms with Gasteiger partial charge < -0.3 is 14.8 Å². The summed E-state index contributed by atoms with van der Waals surface area (Å²) in [6, 6.07) is 12.6. The molecule has 0 radical (unpaired) electrons. The van der Waals surface area contributed by atoms with E-state index in [0.29, 0.717) is 22.2 Å². The highest BCUT2D eigenvalue weighted by Crippen LogP contribution is 2.34. The predicted octanol–water partition coefficient (Wildman–Crippen LogP) is 2.72. The monoisotopic (exact) mass is 333 g/mol. The first-order valence-corrected chi connectivity index (χ1v) is 7.46. The molecule has 0 saturated carbocycles. The SMILES string of the molecule is O=C1Nc2ccc(O)cc2/C1=C\C(=O)c1cc2ccccc2oc1=O. The average molecular weight is 333 g/mol. The van der Waals surface area contributed by atoms with E-state index in [2.05, 4.69) is 5.32 Å². The van der Waals surface area contributed by atoms with Gasteiger partial charge in [0, 0.05) is 16.6 Å². The minimum atomic E-state index is -0.768. The van der Waals surface area contributed by atoms with E-state index in [-0.39, 0.29) is 16.9 Å². The summed E-state index contributed by atoms with van der Waals surface area (Å²) in [4.78, 5) is 36.7. The average Bonchev–Trinajstić information content (AvgIpc) is 2.89. The molecule has 0 aliphatic carbocycles. The molecule has 0 saturated heterocycles. The van der Waals surface area contributed by atoms with Gasteiger partial charge in [-0.15, -0.1) is 0 Å². The van der Waals surface area contributed by atoms with Gasteiger partial charge in [0.25, 0.3) is 5.91 Å². The molecule has 1 amide bonds. The van der Waals surface area contributed by atoms with E-state index >= 15 is 0 Å². The van der Waals surface area contributed by atoms with Gasteiger partial charge in [-0.1, -0.05) is 18.2 Å². The second-order valence-electron chi connectivity index (χ2n) is 5.59. The fraction of sp³-hybridized carbons (Fsp3) is 0. The Hall–Kier alpha value is -3.67. The summed E-state index contributed by atoms with van der Waals surface area (Å²) < 4.78 is 5.15. The van der Waals surface area contributed by atoms with Crippen LogP contribution in [0.4, 0.5) is 5.69 Å². The molecule has 1 aliphatic rings. The van der Waals surface area contributed by atoms with Gasteiger partial charge in [0.15, 0.2) is 5.78 Å². The van der Waals surface area contributed by atoms with Crippen LogP contribution in [0.25, 0.3) is 16.5 Å². The molecule has 0 spiro atoms. The van der Waals surface area contributed by atoms with Crippen molar-refractivity contribution in [2.45, 2.75) is 0 Å². The van der Waals surface area contributed by atoms with Crippen LogP contribution in [0, 0.1) is 0 Å². The Kier molecular flexibility index (Phi) is 3.25. The number of aromatic hydroxyl groups is 1. The molecule has 6 nitrogen and oxygen atoms in total. The molecule has 122 valence electrons. The number of anilines is 1. The lowest BCUT2D eigenvalue weighted by Crippen LogP contribution is -2.13. The lowest BCUT2D eigenvalue weighted by molar-refractivity contribution is -0.110.